The van der Waals surface area contributed by atoms with Gasteiger partial charge in [-0.2, -0.15) is 0 Å². The van der Waals surface area contributed by atoms with Gasteiger partial charge in [0.25, 0.3) is 5.91 Å². The normalized spacial score (nSPS) is 18.7. The summed E-state index contributed by atoms with van der Waals surface area (Å²) in [5.74, 6) is -0.882. The summed E-state index contributed by atoms with van der Waals surface area (Å²) < 4.78 is 39.1. The molecule has 1 amide bonds. The summed E-state index contributed by atoms with van der Waals surface area (Å²) in [7, 11) is 0. The zero-order valence-corrected chi connectivity index (χ0v) is 21.1. The number of hydrogen-bond donors (Lipinski definition) is 2. The number of aliphatic imine (C=N–C) groups is 1. The molecule has 0 spiro atoms. The number of carbonyl (C=O) groups is 1. The smallest absolute Gasteiger partial charge is 0.252 e. The summed E-state index contributed by atoms with van der Waals surface area (Å²) in [6, 6.07) is 20.1. The Morgan fingerprint density at radius 2 is 1.89 bits per heavy atom. The van der Waals surface area contributed by atoms with Crippen molar-refractivity contribution < 1.29 is 28.2 Å². The summed E-state index contributed by atoms with van der Waals surface area (Å²) in [6.07, 6.45) is 3.94. The molecule has 4 rings (SSSR count). The lowest BCUT2D eigenvalue weighted by atomic mass is 9.88. The molecule has 1 aliphatic heterocycles. The van der Waals surface area contributed by atoms with Gasteiger partial charge in [0, 0.05) is 43.2 Å². The van der Waals surface area contributed by atoms with Gasteiger partial charge in [-0.05, 0) is 42.8 Å². The number of halogens is 2. The van der Waals surface area contributed by atoms with Gasteiger partial charge < -0.3 is 19.9 Å². The number of nitrogens with zero attached hydrogens (tertiary/aromatic N) is 1. The Hall–Kier alpha value is -4.04. The molecule has 1 heterocycles. The summed E-state index contributed by atoms with van der Waals surface area (Å²) in [5, 5.41) is 11.7. The molecule has 38 heavy (non-hydrogen) atoms. The number of hydrogen-bond acceptors (Lipinski definition) is 5. The molecule has 8 heteroatoms. The maximum Gasteiger partial charge on any atom is 0.252 e. The maximum absolute atomic E-state index is 14.2. The van der Waals surface area contributed by atoms with Crippen LogP contribution in [0.25, 0.3) is 6.08 Å². The van der Waals surface area contributed by atoms with Crippen LogP contribution in [0.3, 0.4) is 0 Å². The van der Waals surface area contributed by atoms with E-state index in [1.165, 1.54) is 6.07 Å². The largest absolute Gasteiger partial charge is 0.494 e. The standard InChI is InChI=1S/C30H30F2N2O4/c1-21-30(16-5-9-22-7-3-2-4-8-22,29(36)33-20-24-10-13-25(31)19-27(24)32)34-28(38-21)23-11-14-26(15-12-23)37-18-6-17-35/h2-5,7-15,19,21,35H,6,16-18,20H2,1H3,(H,33,36)/b9-5+/t21-,30-/m1/s1. The average Bonchev–Trinajstić information content (AvgIpc) is 3.26. The fourth-order valence-corrected chi connectivity index (χ4v) is 4.12. The fraction of sp³-hybridized carbons (Fsp3) is 0.267. The van der Waals surface area contributed by atoms with Gasteiger partial charge in [0.2, 0.25) is 5.90 Å². The van der Waals surface area contributed by atoms with Crippen molar-refractivity contribution in [3.8, 4) is 5.75 Å². The maximum atomic E-state index is 14.2. The van der Waals surface area contributed by atoms with E-state index in [4.69, 9.17) is 19.6 Å². The minimum Gasteiger partial charge on any atom is -0.494 e. The Kier molecular flexibility index (Phi) is 8.86. The van der Waals surface area contributed by atoms with Crippen LogP contribution in [0.4, 0.5) is 8.78 Å². The van der Waals surface area contributed by atoms with E-state index in [1.807, 2.05) is 42.5 Å². The van der Waals surface area contributed by atoms with Crippen LogP contribution in [-0.4, -0.2) is 41.8 Å². The van der Waals surface area contributed by atoms with E-state index in [1.54, 1.807) is 31.2 Å². The molecule has 2 N–H and O–H groups in total. The Labute approximate surface area is 220 Å². The second-order valence-corrected chi connectivity index (χ2v) is 8.99. The van der Waals surface area contributed by atoms with Crippen LogP contribution in [0.2, 0.25) is 0 Å². The molecule has 0 aliphatic carbocycles. The van der Waals surface area contributed by atoms with Crippen molar-refractivity contribution in [2.24, 2.45) is 4.99 Å². The van der Waals surface area contributed by atoms with Gasteiger partial charge in [0.1, 0.15) is 23.5 Å². The number of nitrogens with one attached hydrogen (secondary N) is 1. The molecule has 0 saturated carbocycles. The molecule has 3 aromatic carbocycles. The molecule has 6 nitrogen and oxygen atoms in total. The van der Waals surface area contributed by atoms with E-state index in [0.717, 1.165) is 17.7 Å². The van der Waals surface area contributed by atoms with E-state index in [0.29, 0.717) is 30.2 Å². The Morgan fingerprint density at radius 1 is 1.13 bits per heavy atom. The second-order valence-electron chi connectivity index (χ2n) is 8.99. The highest BCUT2D eigenvalue weighted by Gasteiger charge is 2.49. The average molecular weight is 521 g/mol. The molecule has 0 unspecified atom stereocenters. The molecule has 0 radical (unpaired) electrons. The highest BCUT2D eigenvalue weighted by Crippen LogP contribution is 2.33. The van der Waals surface area contributed by atoms with Crippen LogP contribution >= 0.6 is 0 Å². The van der Waals surface area contributed by atoms with Crippen molar-refractivity contribution in [3.63, 3.8) is 0 Å². The van der Waals surface area contributed by atoms with Crippen LogP contribution in [0.15, 0.2) is 83.9 Å². The van der Waals surface area contributed by atoms with Gasteiger partial charge >= 0.3 is 0 Å². The molecule has 0 saturated heterocycles. The molecule has 2 atom stereocenters. The number of amides is 1. The van der Waals surface area contributed by atoms with E-state index >= 15 is 0 Å². The van der Waals surface area contributed by atoms with Crippen LogP contribution in [0, 0.1) is 11.6 Å². The Bertz CT molecular complexity index is 1300. The van der Waals surface area contributed by atoms with Crippen molar-refractivity contribution in [1.82, 2.24) is 5.32 Å². The third-order valence-electron chi connectivity index (χ3n) is 6.32. The lowest BCUT2D eigenvalue weighted by Crippen LogP contribution is -2.50. The molecule has 0 fully saturated rings. The Balaban J connectivity index is 1.58. The molecular formula is C30H30F2N2O4. The third kappa shape index (κ3) is 6.44. The lowest BCUT2D eigenvalue weighted by molar-refractivity contribution is -0.128. The van der Waals surface area contributed by atoms with Gasteiger partial charge in [-0.15, -0.1) is 0 Å². The topological polar surface area (TPSA) is 80.2 Å². The third-order valence-corrected chi connectivity index (χ3v) is 6.32. The lowest BCUT2D eigenvalue weighted by Gasteiger charge is -2.27. The minimum absolute atomic E-state index is 0.0529. The Morgan fingerprint density at radius 3 is 2.61 bits per heavy atom. The molecule has 0 bridgehead atoms. The monoisotopic (exact) mass is 520 g/mol. The van der Waals surface area contributed by atoms with Gasteiger partial charge in [-0.25, -0.2) is 13.8 Å². The van der Waals surface area contributed by atoms with Crippen LogP contribution < -0.4 is 10.1 Å². The molecular weight excluding hydrogens is 490 g/mol. The van der Waals surface area contributed by atoms with E-state index < -0.39 is 29.2 Å². The number of rotatable bonds is 11. The predicted octanol–water partition coefficient (Wildman–Crippen LogP) is 5.05. The van der Waals surface area contributed by atoms with Crippen molar-refractivity contribution >= 4 is 17.9 Å². The van der Waals surface area contributed by atoms with Crippen LogP contribution in [0.1, 0.15) is 36.5 Å². The van der Waals surface area contributed by atoms with E-state index in [9.17, 15) is 13.6 Å². The zero-order valence-electron chi connectivity index (χ0n) is 21.1. The SMILES string of the molecule is C[C@H]1OC(c2ccc(OCCCO)cc2)=N[C@@]1(C/C=C/c1ccccc1)C(=O)NCc1ccc(F)cc1F. The van der Waals surface area contributed by atoms with Crippen molar-refractivity contribution in [2.45, 2.75) is 38.0 Å². The highest BCUT2D eigenvalue weighted by molar-refractivity contribution is 6.00. The summed E-state index contributed by atoms with van der Waals surface area (Å²) in [4.78, 5) is 18.3. The predicted molar refractivity (Wildman–Crippen MR) is 142 cm³/mol. The number of aliphatic hydroxyl groups is 1. The van der Waals surface area contributed by atoms with E-state index in [-0.39, 0.29) is 25.1 Å². The summed E-state index contributed by atoms with van der Waals surface area (Å²) >= 11 is 0. The first-order valence-corrected chi connectivity index (χ1v) is 12.5. The molecule has 3 aromatic rings. The van der Waals surface area contributed by atoms with Crippen LogP contribution in [-0.2, 0) is 16.1 Å². The van der Waals surface area contributed by atoms with Gasteiger partial charge in [-0.1, -0.05) is 48.6 Å². The van der Waals surface area contributed by atoms with Crippen molar-refractivity contribution in [3.05, 3.63) is 107 Å². The number of carbonyl (C=O) groups excluding carboxylic acids is 1. The van der Waals surface area contributed by atoms with Crippen LogP contribution in [0.5, 0.6) is 5.75 Å². The molecule has 198 valence electrons. The minimum atomic E-state index is -1.30. The van der Waals surface area contributed by atoms with Gasteiger partial charge in [-0.3, -0.25) is 4.79 Å². The second kappa shape index (κ2) is 12.5. The fourth-order valence-electron chi connectivity index (χ4n) is 4.12. The van der Waals surface area contributed by atoms with E-state index in [2.05, 4.69) is 5.32 Å². The van der Waals surface area contributed by atoms with Crippen molar-refractivity contribution in [2.75, 3.05) is 13.2 Å². The molecule has 0 aromatic heterocycles. The molecule has 1 aliphatic rings. The quantitative estimate of drug-likeness (QED) is 0.347. The van der Waals surface area contributed by atoms with Gasteiger partial charge in [0.15, 0.2) is 5.54 Å². The zero-order chi connectivity index (χ0) is 27.0. The highest BCUT2D eigenvalue weighted by atomic mass is 19.1. The first-order valence-electron chi connectivity index (χ1n) is 12.5. The number of aliphatic hydroxyl groups excluding tert-OH is 1. The first kappa shape index (κ1) is 27.0. The van der Waals surface area contributed by atoms with Gasteiger partial charge in [0.05, 0.1) is 6.61 Å². The number of ether oxygens (including phenoxy) is 2. The van der Waals surface area contributed by atoms with Crippen molar-refractivity contribution in [1.29, 1.82) is 0 Å². The first-order chi connectivity index (χ1) is 18.4. The number of benzene rings is 3. The summed E-state index contributed by atoms with van der Waals surface area (Å²) in [6.45, 7) is 2.11. The summed E-state index contributed by atoms with van der Waals surface area (Å²) in [5.41, 5.74) is 0.525.